The van der Waals surface area contributed by atoms with Gasteiger partial charge in [-0.05, 0) is 29.8 Å². The van der Waals surface area contributed by atoms with E-state index < -0.39 is 0 Å². The van der Waals surface area contributed by atoms with Crippen LogP contribution in [0.1, 0.15) is 15.9 Å². The third-order valence-electron chi connectivity index (χ3n) is 3.16. The van der Waals surface area contributed by atoms with E-state index in [0.29, 0.717) is 28.6 Å². The Morgan fingerprint density at radius 1 is 0.909 bits per heavy atom. The zero-order valence-corrected chi connectivity index (χ0v) is 12.8. The molecule has 22 heavy (non-hydrogen) atoms. The summed E-state index contributed by atoms with van der Waals surface area (Å²) in [5, 5.41) is 0. The van der Waals surface area contributed by atoms with E-state index in [-0.39, 0.29) is 6.61 Å². The van der Waals surface area contributed by atoms with E-state index in [1.807, 2.05) is 18.2 Å². The van der Waals surface area contributed by atoms with Crippen molar-refractivity contribution in [2.24, 2.45) is 0 Å². The second kappa shape index (κ2) is 7.36. The highest BCUT2D eigenvalue weighted by molar-refractivity contribution is 5.79. The Kier molecular flexibility index (Phi) is 5.25. The molecule has 0 aliphatic heterocycles. The van der Waals surface area contributed by atoms with Gasteiger partial charge in [0.2, 0.25) is 5.75 Å². The number of rotatable bonds is 7. The summed E-state index contributed by atoms with van der Waals surface area (Å²) in [6, 6.07) is 10.7. The van der Waals surface area contributed by atoms with Crippen LogP contribution in [0.15, 0.2) is 36.4 Å². The monoisotopic (exact) mass is 302 g/mol. The molecule has 0 saturated carbocycles. The van der Waals surface area contributed by atoms with E-state index in [0.717, 1.165) is 11.8 Å². The van der Waals surface area contributed by atoms with Crippen molar-refractivity contribution in [2.75, 3.05) is 21.3 Å². The largest absolute Gasteiger partial charge is 0.493 e. The smallest absolute Gasteiger partial charge is 0.203 e. The fourth-order valence-electron chi connectivity index (χ4n) is 2.09. The first-order chi connectivity index (χ1) is 10.7. The van der Waals surface area contributed by atoms with Crippen LogP contribution >= 0.6 is 0 Å². The maximum Gasteiger partial charge on any atom is 0.203 e. The topological polar surface area (TPSA) is 54.0 Å². The number of para-hydroxylation sites is 1. The molecule has 0 N–H and O–H groups in total. The fraction of sp³-hybridized carbons (Fsp3) is 0.235. The molecule has 5 nitrogen and oxygen atoms in total. The van der Waals surface area contributed by atoms with Crippen molar-refractivity contribution in [1.82, 2.24) is 0 Å². The van der Waals surface area contributed by atoms with Crippen LogP contribution in [-0.2, 0) is 6.61 Å². The molecule has 2 rings (SSSR count). The molecule has 5 heteroatoms. The lowest BCUT2D eigenvalue weighted by atomic mass is 10.2. The van der Waals surface area contributed by atoms with Crippen LogP contribution in [0.2, 0.25) is 0 Å². The zero-order valence-electron chi connectivity index (χ0n) is 12.8. The van der Waals surface area contributed by atoms with Gasteiger partial charge in [-0.3, -0.25) is 4.79 Å². The first kappa shape index (κ1) is 15.7. The second-order valence-electron chi connectivity index (χ2n) is 4.48. The molecule has 0 saturated heterocycles. The Hall–Kier alpha value is -2.69. The van der Waals surface area contributed by atoms with Crippen molar-refractivity contribution in [3.05, 3.63) is 47.5 Å². The van der Waals surface area contributed by atoms with Crippen molar-refractivity contribution < 1.29 is 23.7 Å². The van der Waals surface area contributed by atoms with Crippen LogP contribution < -0.4 is 18.9 Å². The summed E-state index contributed by atoms with van der Waals surface area (Å²) in [5.41, 5.74) is 1.35. The molecule has 0 aromatic heterocycles. The van der Waals surface area contributed by atoms with Gasteiger partial charge in [0.15, 0.2) is 17.8 Å². The molecule has 0 fully saturated rings. The number of benzene rings is 2. The van der Waals surface area contributed by atoms with Crippen molar-refractivity contribution in [1.29, 1.82) is 0 Å². The molecule has 116 valence electrons. The summed E-state index contributed by atoms with van der Waals surface area (Å²) in [6.45, 7) is 0.279. The summed E-state index contributed by atoms with van der Waals surface area (Å²) >= 11 is 0. The summed E-state index contributed by atoms with van der Waals surface area (Å²) in [5.74, 6) is 2.18. The van der Waals surface area contributed by atoms with Crippen molar-refractivity contribution in [2.45, 2.75) is 6.61 Å². The van der Waals surface area contributed by atoms with Gasteiger partial charge >= 0.3 is 0 Å². The minimum atomic E-state index is 0.279. The van der Waals surface area contributed by atoms with E-state index >= 15 is 0 Å². The maximum absolute atomic E-state index is 11.0. The quantitative estimate of drug-likeness (QED) is 0.736. The van der Waals surface area contributed by atoms with Crippen LogP contribution in [0.4, 0.5) is 0 Å². The summed E-state index contributed by atoms with van der Waals surface area (Å²) in [7, 11) is 4.67. The number of carbonyl (C=O) groups excluding carboxylic acids is 1. The van der Waals surface area contributed by atoms with E-state index in [1.54, 1.807) is 39.5 Å². The van der Waals surface area contributed by atoms with Crippen LogP contribution in [0.25, 0.3) is 0 Å². The Bertz CT molecular complexity index is 626. The number of carbonyl (C=O) groups is 1. The molecule has 0 atom stereocenters. The molecule has 0 unspecified atom stereocenters. The average molecular weight is 302 g/mol. The van der Waals surface area contributed by atoms with Gasteiger partial charge in [-0.1, -0.05) is 12.1 Å². The van der Waals surface area contributed by atoms with Gasteiger partial charge in [-0.25, -0.2) is 0 Å². The lowest BCUT2D eigenvalue weighted by Crippen LogP contribution is -2.01. The number of ether oxygens (including phenoxy) is 4. The lowest BCUT2D eigenvalue weighted by Gasteiger charge is -2.15. The Morgan fingerprint density at radius 2 is 1.55 bits per heavy atom. The van der Waals surface area contributed by atoms with Crippen LogP contribution in [0.3, 0.4) is 0 Å². The van der Waals surface area contributed by atoms with E-state index in [1.165, 1.54) is 0 Å². The molecule has 0 heterocycles. The number of hydrogen-bond acceptors (Lipinski definition) is 5. The second-order valence-corrected chi connectivity index (χ2v) is 4.48. The third kappa shape index (κ3) is 3.31. The first-order valence-electron chi connectivity index (χ1n) is 6.69. The van der Waals surface area contributed by atoms with Gasteiger partial charge in [0.05, 0.1) is 26.9 Å². The highest BCUT2D eigenvalue weighted by atomic mass is 16.5. The fourth-order valence-corrected chi connectivity index (χ4v) is 2.09. The highest BCUT2D eigenvalue weighted by Gasteiger charge is 2.13. The van der Waals surface area contributed by atoms with E-state index in [2.05, 4.69) is 0 Å². The number of methoxy groups -OCH3 is 3. The van der Waals surface area contributed by atoms with E-state index in [9.17, 15) is 4.79 Å². The molecular formula is C17H18O5. The van der Waals surface area contributed by atoms with Gasteiger partial charge in [0, 0.05) is 0 Å². The van der Waals surface area contributed by atoms with Gasteiger partial charge < -0.3 is 18.9 Å². The number of hydrogen-bond donors (Lipinski definition) is 0. The van der Waals surface area contributed by atoms with Crippen molar-refractivity contribution >= 4 is 6.29 Å². The minimum Gasteiger partial charge on any atom is -0.493 e. The van der Waals surface area contributed by atoms with Crippen LogP contribution in [0.5, 0.6) is 23.0 Å². The molecular weight excluding hydrogens is 284 g/mol. The van der Waals surface area contributed by atoms with Crippen LogP contribution in [-0.4, -0.2) is 27.6 Å². The molecule has 0 radical (unpaired) electrons. The van der Waals surface area contributed by atoms with E-state index in [4.69, 9.17) is 18.9 Å². The maximum atomic E-state index is 11.0. The molecule has 2 aromatic carbocycles. The summed E-state index contributed by atoms with van der Waals surface area (Å²) in [4.78, 5) is 11.0. The number of aldehydes is 1. The Morgan fingerprint density at radius 3 is 2.09 bits per heavy atom. The highest BCUT2D eigenvalue weighted by Crippen LogP contribution is 2.38. The lowest BCUT2D eigenvalue weighted by molar-refractivity contribution is 0.111. The molecule has 0 amide bonds. The third-order valence-corrected chi connectivity index (χ3v) is 3.16. The Labute approximate surface area is 129 Å². The predicted molar refractivity (Wildman–Crippen MR) is 82.3 cm³/mol. The molecule has 0 aliphatic rings. The molecule has 0 spiro atoms. The summed E-state index contributed by atoms with van der Waals surface area (Å²) in [6.07, 6.45) is 0.768. The molecule has 0 bridgehead atoms. The Balaban J connectivity index is 2.24. The SMILES string of the molecule is COc1cc(COc2ccccc2C=O)cc(OC)c1OC. The first-order valence-corrected chi connectivity index (χ1v) is 6.69. The van der Waals surface area contributed by atoms with Crippen LogP contribution in [0, 0.1) is 0 Å². The van der Waals surface area contributed by atoms with Crippen molar-refractivity contribution in [3.63, 3.8) is 0 Å². The molecule has 2 aromatic rings. The van der Waals surface area contributed by atoms with Gasteiger partial charge in [0.1, 0.15) is 12.4 Å². The predicted octanol–water partition coefficient (Wildman–Crippen LogP) is 3.10. The zero-order chi connectivity index (χ0) is 15.9. The normalized spacial score (nSPS) is 9.95. The van der Waals surface area contributed by atoms with Gasteiger partial charge in [-0.15, -0.1) is 0 Å². The van der Waals surface area contributed by atoms with Gasteiger partial charge in [-0.2, -0.15) is 0 Å². The summed E-state index contributed by atoms with van der Waals surface area (Å²) < 4.78 is 21.6. The van der Waals surface area contributed by atoms with Gasteiger partial charge in [0.25, 0.3) is 0 Å². The average Bonchev–Trinajstić information content (AvgIpc) is 2.58. The van der Waals surface area contributed by atoms with Crippen molar-refractivity contribution in [3.8, 4) is 23.0 Å². The standard InChI is InChI=1S/C17H18O5/c1-19-15-8-12(9-16(20-2)17(15)21-3)11-22-14-7-5-4-6-13(14)10-18/h4-10H,11H2,1-3H3. The minimum absolute atomic E-state index is 0.279. The molecule has 0 aliphatic carbocycles.